The van der Waals surface area contributed by atoms with Crippen LogP contribution < -0.4 is 11.2 Å². The number of carbonyl (C=O) groups excluding carboxylic acids is 1. The average molecular weight is 563 g/mol. The number of fused-ring (bicyclic) bond motifs is 1. The van der Waals surface area contributed by atoms with Gasteiger partial charge in [-0.05, 0) is 48.4 Å². The summed E-state index contributed by atoms with van der Waals surface area (Å²) in [5.41, 5.74) is 1.89. The largest absolute Gasteiger partial charge is 0.396 e. The smallest absolute Gasteiger partial charge is 0.332 e. The summed E-state index contributed by atoms with van der Waals surface area (Å²) in [4.78, 5) is 44.0. The van der Waals surface area contributed by atoms with Gasteiger partial charge < -0.3 is 5.11 Å². The Morgan fingerprint density at radius 3 is 2.31 bits per heavy atom. The Morgan fingerprint density at radius 2 is 1.64 bits per heavy atom. The van der Waals surface area contributed by atoms with E-state index in [2.05, 4.69) is 0 Å². The minimum atomic E-state index is -0.526. The normalized spacial score (nSPS) is 11.3. The third-order valence-electron chi connectivity index (χ3n) is 6.52. The van der Waals surface area contributed by atoms with E-state index in [9.17, 15) is 14.4 Å². The van der Waals surface area contributed by atoms with Gasteiger partial charge in [-0.15, -0.1) is 0 Å². The van der Waals surface area contributed by atoms with Crippen molar-refractivity contribution in [1.82, 2.24) is 18.7 Å². The van der Waals surface area contributed by atoms with Crippen molar-refractivity contribution in [3.05, 3.63) is 115 Å². The second kappa shape index (κ2) is 11.0. The van der Waals surface area contributed by atoms with Gasteiger partial charge in [0.2, 0.25) is 0 Å². The summed E-state index contributed by atoms with van der Waals surface area (Å²) in [7, 11) is 1.43. The molecule has 0 saturated heterocycles. The number of carbonyl (C=O) groups is 1. The fraction of sp³-hybridized carbons (Fsp3) is 0.172. The molecule has 1 N–H and O–H groups in total. The Bertz CT molecular complexity index is 1800. The van der Waals surface area contributed by atoms with E-state index in [4.69, 9.17) is 33.3 Å². The van der Waals surface area contributed by atoms with Gasteiger partial charge in [0.05, 0.1) is 11.6 Å². The molecule has 0 aliphatic rings. The maximum Gasteiger partial charge on any atom is 0.332 e. The molecule has 39 heavy (non-hydrogen) atoms. The molecule has 8 nitrogen and oxygen atoms in total. The summed E-state index contributed by atoms with van der Waals surface area (Å²) in [6.07, 6.45) is 0.653. The Morgan fingerprint density at radius 1 is 0.949 bits per heavy atom. The fourth-order valence-corrected chi connectivity index (χ4v) is 4.82. The topological polar surface area (TPSA) is 99.1 Å². The van der Waals surface area contributed by atoms with Crippen molar-refractivity contribution in [1.29, 1.82) is 0 Å². The van der Waals surface area contributed by atoms with Crippen LogP contribution in [0.3, 0.4) is 0 Å². The summed E-state index contributed by atoms with van der Waals surface area (Å²) in [6, 6.07) is 21.0. The van der Waals surface area contributed by atoms with Gasteiger partial charge in [-0.3, -0.25) is 23.3 Å². The first-order chi connectivity index (χ1) is 18.8. The van der Waals surface area contributed by atoms with Crippen molar-refractivity contribution in [3.63, 3.8) is 0 Å². The number of aromatic nitrogens is 4. The molecule has 5 rings (SSSR count). The highest BCUT2D eigenvalue weighted by atomic mass is 35.5. The number of rotatable bonds is 8. The highest BCUT2D eigenvalue weighted by Crippen LogP contribution is 2.32. The molecule has 5 aromatic rings. The van der Waals surface area contributed by atoms with E-state index in [1.807, 2.05) is 6.07 Å². The lowest BCUT2D eigenvalue weighted by Crippen LogP contribution is -2.39. The predicted octanol–water partition coefficient (Wildman–Crippen LogP) is 4.86. The molecule has 2 heterocycles. The van der Waals surface area contributed by atoms with Crippen LogP contribution in [0.1, 0.15) is 28.8 Å². The number of aliphatic hydroxyl groups is 1. The zero-order valence-electron chi connectivity index (χ0n) is 21.0. The van der Waals surface area contributed by atoms with Crippen molar-refractivity contribution >= 4 is 40.1 Å². The number of benzene rings is 3. The maximum absolute atomic E-state index is 13.5. The molecule has 0 radical (unpaired) electrons. The molecule has 0 fully saturated rings. The number of aliphatic hydroxyl groups excluding tert-OH is 1. The van der Waals surface area contributed by atoms with E-state index in [0.717, 1.165) is 10.1 Å². The van der Waals surface area contributed by atoms with Crippen molar-refractivity contribution in [2.45, 2.75) is 19.4 Å². The van der Waals surface area contributed by atoms with Crippen LogP contribution in [-0.4, -0.2) is 36.2 Å². The molecule has 0 aliphatic carbocycles. The van der Waals surface area contributed by atoms with Gasteiger partial charge >= 0.3 is 5.69 Å². The quantitative estimate of drug-likeness (QED) is 0.272. The van der Waals surface area contributed by atoms with Crippen molar-refractivity contribution in [3.8, 4) is 17.1 Å². The molecular formula is C29H24Cl2N4O4. The van der Waals surface area contributed by atoms with Gasteiger partial charge in [0, 0.05) is 41.9 Å². The van der Waals surface area contributed by atoms with Crippen LogP contribution in [0.5, 0.6) is 0 Å². The average Bonchev–Trinajstić information content (AvgIpc) is 3.34. The van der Waals surface area contributed by atoms with Gasteiger partial charge in [0.1, 0.15) is 5.82 Å². The SMILES string of the molecule is Cn1c(=O)c2c(nc(-c3ccccc3Cl)n2-c2ccc(Cl)cc2)n(Cc2ccc(C(=O)CCCO)cc2)c1=O. The molecule has 0 atom stereocenters. The van der Waals surface area contributed by atoms with E-state index in [1.165, 1.54) is 11.6 Å². The van der Waals surface area contributed by atoms with E-state index in [0.29, 0.717) is 39.1 Å². The summed E-state index contributed by atoms with van der Waals surface area (Å²) in [5, 5.41) is 9.96. The standard InChI is InChI=1S/C29H24Cl2N4O4/c1-33-28(38)25-27(34(29(33)39)17-18-8-10-19(11-9-18)24(37)7-4-16-36)32-26(22-5-2-3-6-23(22)31)35(25)21-14-12-20(30)13-15-21/h2-3,5-6,8-15,36H,4,7,16-17H2,1H3. The molecule has 0 amide bonds. The molecule has 0 spiro atoms. The van der Waals surface area contributed by atoms with Crippen molar-refractivity contribution < 1.29 is 9.90 Å². The summed E-state index contributed by atoms with van der Waals surface area (Å²) in [5.74, 6) is 0.336. The van der Waals surface area contributed by atoms with Crippen molar-refractivity contribution in [2.24, 2.45) is 7.05 Å². The van der Waals surface area contributed by atoms with E-state index >= 15 is 0 Å². The van der Waals surface area contributed by atoms with Crippen LogP contribution in [0.15, 0.2) is 82.4 Å². The summed E-state index contributed by atoms with van der Waals surface area (Å²) in [6.45, 7) is 0.0719. The molecule has 2 aromatic heterocycles. The van der Waals surface area contributed by atoms with Crippen LogP contribution >= 0.6 is 23.2 Å². The highest BCUT2D eigenvalue weighted by molar-refractivity contribution is 6.33. The number of imidazole rings is 1. The van der Waals surface area contributed by atoms with Crippen LogP contribution in [-0.2, 0) is 13.6 Å². The number of ketones is 1. The first kappa shape index (κ1) is 26.6. The summed E-state index contributed by atoms with van der Waals surface area (Å²) >= 11 is 12.7. The second-order valence-electron chi connectivity index (χ2n) is 9.08. The molecule has 0 bridgehead atoms. The molecular weight excluding hydrogens is 539 g/mol. The zero-order chi connectivity index (χ0) is 27.7. The lowest BCUT2D eigenvalue weighted by atomic mass is 10.0. The fourth-order valence-electron chi connectivity index (χ4n) is 4.48. The Hall–Kier alpha value is -3.98. The maximum atomic E-state index is 13.5. The van der Waals surface area contributed by atoms with Gasteiger partial charge in [-0.1, -0.05) is 59.6 Å². The first-order valence-corrected chi connectivity index (χ1v) is 13.0. The van der Waals surface area contributed by atoms with E-state index in [1.54, 1.807) is 71.3 Å². The number of nitrogens with zero attached hydrogens (tertiary/aromatic N) is 4. The number of hydrogen-bond acceptors (Lipinski definition) is 5. The lowest BCUT2D eigenvalue weighted by molar-refractivity contribution is 0.0971. The Labute approximate surface area is 233 Å². The van der Waals surface area contributed by atoms with Gasteiger partial charge in [0.25, 0.3) is 5.56 Å². The highest BCUT2D eigenvalue weighted by Gasteiger charge is 2.23. The third-order valence-corrected chi connectivity index (χ3v) is 7.10. The number of halogens is 2. The molecule has 0 unspecified atom stereocenters. The minimum Gasteiger partial charge on any atom is -0.396 e. The molecule has 10 heteroatoms. The molecule has 3 aromatic carbocycles. The van der Waals surface area contributed by atoms with Crippen LogP contribution in [0, 0.1) is 0 Å². The molecule has 0 aliphatic heterocycles. The van der Waals surface area contributed by atoms with E-state index in [-0.39, 0.29) is 36.5 Å². The van der Waals surface area contributed by atoms with E-state index < -0.39 is 11.2 Å². The molecule has 198 valence electrons. The van der Waals surface area contributed by atoms with Crippen LogP contribution in [0.25, 0.3) is 28.2 Å². The zero-order valence-corrected chi connectivity index (χ0v) is 22.5. The molecule has 0 saturated carbocycles. The van der Waals surface area contributed by atoms with Crippen molar-refractivity contribution in [2.75, 3.05) is 6.61 Å². The van der Waals surface area contributed by atoms with Crippen LogP contribution in [0.2, 0.25) is 10.0 Å². The van der Waals surface area contributed by atoms with Crippen LogP contribution in [0.4, 0.5) is 0 Å². The third kappa shape index (κ3) is 5.06. The summed E-state index contributed by atoms with van der Waals surface area (Å²) < 4.78 is 4.18. The van der Waals surface area contributed by atoms with Gasteiger partial charge in [-0.25, -0.2) is 9.78 Å². The monoisotopic (exact) mass is 562 g/mol. The Kier molecular flexibility index (Phi) is 7.52. The number of hydrogen-bond donors (Lipinski definition) is 1. The van der Waals surface area contributed by atoms with Gasteiger partial charge in [0.15, 0.2) is 16.9 Å². The second-order valence-corrected chi connectivity index (χ2v) is 9.92. The lowest BCUT2D eigenvalue weighted by Gasteiger charge is -2.12. The first-order valence-electron chi connectivity index (χ1n) is 12.3. The number of Topliss-reactive ketones (excluding diaryl/α,β-unsaturated/α-hetero) is 1. The Balaban J connectivity index is 1.71. The van der Waals surface area contributed by atoms with Gasteiger partial charge in [-0.2, -0.15) is 0 Å². The minimum absolute atomic E-state index is 0.0473. The predicted molar refractivity (Wildman–Crippen MR) is 152 cm³/mol.